The Balaban J connectivity index is 1.41. The molecule has 4 rings (SSSR count). The number of sulfonamides is 1. The standard InChI is InChI=1S/C22H19F4N3O3S2/c23-16-3-1-4-17(11-16)34(31,32)29-10-2-5-19(29)21(30)27-12-20-28-18(13-33-20)14-6-8-15(9-7-14)22(24,25)26/h1,3-4,6-9,11,13,19H,2,5,10,12H2,(H,27,30)/t19-/m1/s1. The monoisotopic (exact) mass is 513 g/mol. The van der Waals surface area contributed by atoms with Crippen LogP contribution < -0.4 is 5.32 Å². The van der Waals surface area contributed by atoms with Gasteiger partial charge in [0, 0.05) is 17.5 Å². The first-order valence-electron chi connectivity index (χ1n) is 10.2. The summed E-state index contributed by atoms with van der Waals surface area (Å²) in [5.41, 5.74) is 0.220. The van der Waals surface area contributed by atoms with Crippen LogP contribution in [0.5, 0.6) is 0 Å². The molecule has 1 aromatic heterocycles. The molecule has 3 aromatic rings. The predicted molar refractivity (Wildman–Crippen MR) is 118 cm³/mol. The van der Waals surface area contributed by atoms with Crippen molar-refractivity contribution in [1.29, 1.82) is 0 Å². The van der Waals surface area contributed by atoms with Crippen molar-refractivity contribution in [2.24, 2.45) is 0 Å². The van der Waals surface area contributed by atoms with Crippen LogP contribution >= 0.6 is 11.3 Å². The van der Waals surface area contributed by atoms with Crippen molar-refractivity contribution < 1.29 is 30.8 Å². The number of rotatable bonds is 6. The van der Waals surface area contributed by atoms with Gasteiger partial charge < -0.3 is 5.32 Å². The minimum absolute atomic E-state index is 0.0362. The highest BCUT2D eigenvalue weighted by molar-refractivity contribution is 7.89. The fraction of sp³-hybridized carbons (Fsp3) is 0.273. The molecule has 1 aliphatic heterocycles. The summed E-state index contributed by atoms with van der Waals surface area (Å²) in [6.07, 6.45) is -3.61. The fourth-order valence-corrected chi connectivity index (χ4v) is 6.12. The van der Waals surface area contributed by atoms with Gasteiger partial charge in [0.15, 0.2) is 0 Å². The van der Waals surface area contributed by atoms with Gasteiger partial charge in [0.05, 0.1) is 22.7 Å². The first-order valence-corrected chi connectivity index (χ1v) is 12.5. The molecule has 180 valence electrons. The van der Waals surface area contributed by atoms with E-state index in [2.05, 4.69) is 10.3 Å². The maximum Gasteiger partial charge on any atom is 0.416 e. The molecule has 0 saturated carbocycles. The van der Waals surface area contributed by atoms with E-state index in [1.54, 1.807) is 5.38 Å². The normalized spacial score (nSPS) is 17.1. The second kappa shape index (κ2) is 9.43. The third-order valence-electron chi connectivity index (χ3n) is 5.38. The number of nitrogens with zero attached hydrogens (tertiary/aromatic N) is 2. The zero-order valence-electron chi connectivity index (χ0n) is 17.5. The number of thiazole rings is 1. The number of benzene rings is 2. The lowest BCUT2D eigenvalue weighted by molar-refractivity contribution is -0.137. The number of amides is 1. The number of carbonyl (C=O) groups excluding carboxylic acids is 1. The average Bonchev–Trinajstić information content (AvgIpc) is 3.47. The number of carbonyl (C=O) groups is 1. The summed E-state index contributed by atoms with van der Waals surface area (Å²) in [5, 5.41) is 4.86. The minimum Gasteiger partial charge on any atom is -0.348 e. The van der Waals surface area contributed by atoms with Crippen molar-refractivity contribution in [2.75, 3.05) is 6.54 Å². The molecular formula is C22H19F4N3O3S2. The molecule has 0 aliphatic carbocycles. The van der Waals surface area contributed by atoms with Gasteiger partial charge >= 0.3 is 6.18 Å². The minimum atomic E-state index is -4.42. The van der Waals surface area contributed by atoms with E-state index in [0.29, 0.717) is 29.1 Å². The van der Waals surface area contributed by atoms with E-state index in [0.717, 1.165) is 28.6 Å². The Morgan fingerprint density at radius 2 is 1.91 bits per heavy atom. The molecule has 0 bridgehead atoms. The molecule has 1 saturated heterocycles. The first-order chi connectivity index (χ1) is 16.1. The summed E-state index contributed by atoms with van der Waals surface area (Å²) in [6, 6.07) is 8.31. The molecule has 6 nitrogen and oxygen atoms in total. The van der Waals surface area contributed by atoms with Gasteiger partial charge in [-0.05, 0) is 43.2 Å². The third kappa shape index (κ3) is 5.13. The van der Waals surface area contributed by atoms with Gasteiger partial charge in [-0.25, -0.2) is 17.8 Å². The summed E-state index contributed by atoms with van der Waals surface area (Å²) in [4.78, 5) is 16.9. The molecule has 0 spiro atoms. The highest BCUT2D eigenvalue weighted by atomic mass is 32.2. The molecule has 0 unspecified atom stereocenters. The molecular weight excluding hydrogens is 494 g/mol. The van der Waals surface area contributed by atoms with Gasteiger partial charge in [-0.1, -0.05) is 18.2 Å². The van der Waals surface area contributed by atoms with E-state index < -0.39 is 39.5 Å². The van der Waals surface area contributed by atoms with Gasteiger partial charge in [-0.3, -0.25) is 4.79 Å². The number of nitrogens with one attached hydrogen (secondary N) is 1. The van der Waals surface area contributed by atoms with E-state index >= 15 is 0 Å². The van der Waals surface area contributed by atoms with E-state index in [4.69, 9.17) is 0 Å². The van der Waals surface area contributed by atoms with Crippen LogP contribution in [-0.4, -0.2) is 36.2 Å². The quantitative estimate of drug-likeness (QED) is 0.495. The summed E-state index contributed by atoms with van der Waals surface area (Å²) < 4.78 is 78.6. The molecule has 0 radical (unpaired) electrons. The molecule has 2 heterocycles. The fourth-order valence-electron chi connectivity index (χ4n) is 3.69. The Morgan fingerprint density at radius 1 is 1.18 bits per heavy atom. The van der Waals surface area contributed by atoms with E-state index in [9.17, 15) is 30.8 Å². The zero-order valence-corrected chi connectivity index (χ0v) is 19.2. The summed E-state index contributed by atoms with van der Waals surface area (Å²) in [7, 11) is -4.04. The van der Waals surface area contributed by atoms with Crippen molar-refractivity contribution >= 4 is 27.3 Å². The van der Waals surface area contributed by atoms with E-state index in [-0.39, 0.29) is 18.0 Å². The number of hydrogen-bond donors (Lipinski definition) is 1. The van der Waals surface area contributed by atoms with Gasteiger partial charge in [-0.15, -0.1) is 11.3 Å². The Labute approximate surface area is 197 Å². The Bertz CT molecular complexity index is 1290. The molecule has 2 aromatic carbocycles. The second-order valence-corrected chi connectivity index (χ2v) is 10.5. The molecule has 12 heteroatoms. The predicted octanol–water partition coefficient (Wildman–Crippen LogP) is 4.44. The van der Waals surface area contributed by atoms with Crippen molar-refractivity contribution in [3.8, 4) is 11.3 Å². The lowest BCUT2D eigenvalue weighted by atomic mass is 10.1. The van der Waals surface area contributed by atoms with Gasteiger partial charge in [0.25, 0.3) is 0 Å². The maximum absolute atomic E-state index is 13.5. The third-order valence-corrected chi connectivity index (χ3v) is 8.14. The van der Waals surface area contributed by atoms with Gasteiger partial charge in [-0.2, -0.15) is 17.5 Å². The van der Waals surface area contributed by atoms with Crippen LogP contribution in [-0.2, 0) is 27.5 Å². The highest BCUT2D eigenvalue weighted by Crippen LogP contribution is 2.31. The highest BCUT2D eigenvalue weighted by Gasteiger charge is 2.39. The smallest absolute Gasteiger partial charge is 0.348 e. The summed E-state index contributed by atoms with van der Waals surface area (Å²) >= 11 is 1.22. The van der Waals surface area contributed by atoms with Crippen LogP contribution in [0.1, 0.15) is 23.4 Å². The summed E-state index contributed by atoms with van der Waals surface area (Å²) in [5.74, 6) is -1.18. The molecule has 1 amide bonds. The molecule has 34 heavy (non-hydrogen) atoms. The molecule has 1 atom stereocenters. The van der Waals surface area contributed by atoms with Gasteiger partial charge in [0.2, 0.25) is 15.9 Å². The average molecular weight is 514 g/mol. The number of aromatic nitrogens is 1. The Kier molecular flexibility index (Phi) is 6.74. The van der Waals surface area contributed by atoms with Crippen LogP contribution in [0, 0.1) is 5.82 Å². The van der Waals surface area contributed by atoms with Crippen molar-refractivity contribution in [1.82, 2.24) is 14.6 Å². The van der Waals surface area contributed by atoms with Crippen LogP contribution in [0.25, 0.3) is 11.3 Å². The number of halogens is 4. The zero-order chi connectivity index (χ0) is 24.5. The SMILES string of the molecule is O=C(NCc1nc(-c2ccc(C(F)(F)F)cc2)cs1)[C@H]1CCCN1S(=O)(=O)c1cccc(F)c1. The van der Waals surface area contributed by atoms with E-state index in [1.807, 2.05) is 0 Å². The maximum atomic E-state index is 13.5. The van der Waals surface area contributed by atoms with Crippen LogP contribution in [0.3, 0.4) is 0 Å². The van der Waals surface area contributed by atoms with Crippen LogP contribution in [0.2, 0.25) is 0 Å². The Morgan fingerprint density at radius 3 is 2.59 bits per heavy atom. The lowest BCUT2D eigenvalue weighted by Gasteiger charge is -2.23. The van der Waals surface area contributed by atoms with Crippen molar-refractivity contribution in [3.05, 3.63) is 70.3 Å². The second-order valence-electron chi connectivity index (χ2n) is 7.65. The van der Waals surface area contributed by atoms with Gasteiger partial charge in [0.1, 0.15) is 16.9 Å². The Hall–Kier alpha value is -2.83. The lowest BCUT2D eigenvalue weighted by Crippen LogP contribution is -2.45. The van der Waals surface area contributed by atoms with Crippen molar-refractivity contribution in [2.45, 2.75) is 36.5 Å². The summed E-state index contributed by atoms with van der Waals surface area (Å²) in [6.45, 7) is 0.181. The number of alkyl halides is 3. The van der Waals surface area contributed by atoms with E-state index in [1.165, 1.54) is 35.6 Å². The van der Waals surface area contributed by atoms with Crippen molar-refractivity contribution in [3.63, 3.8) is 0 Å². The molecule has 1 N–H and O–H groups in total. The molecule has 1 aliphatic rings. The van der Waals surface area contributed by atoms with Crippen LogP contribution in [0.15, 0.2) is 58.8 Å². The first kappa shape index (κ1) is 24.3. The largest absolute Gasteiger partial charge is 0.416 e. The van der Waals surface area contributed by atoms with Crippen LogP contribution in [0.4, 0.5) is 17.6 Å². The molecule has 1 fully saturated rings. The number of hydrogen-bond acceptors (Lipinski definition) is 5. The topological polar surface area (TPSA) is 79.4 Å².